The zero-order chi connectivity index (χ0) is 18.3. The summed E-state index contributed by atoms with van der Waals surface area (Å²) in [5.74, 6) is -0.792. The van der Waals surface area contributed by atoms with Gasteiger partial charge in [-0.25, -0.2) is 9.36 Å². The molecule has 0 amide bonds. The Kier molecular flexibility index (Phi) is 7.09. The zero-order valence-electron chi connectivity index (χ0n) is 13.7. The molecule has 0 atom stereocenters. The summed E-state index contributed by atoms with van der Waals surface area (Å²) in [7, 11) is -1.47. The summed E-state index contributed by atoms with van der Waals surface area (Å²) >= 11 is 0. The number of phosphoric acid groups is 1. The van der Waals surface area contributed by atoms with Gasteiger partial charge in [0, 0.05) is 26.4 Å². The number of nitro groups is 1. The third kappa shape index (κ3) is 5.77. The lowest BCUT2D eigenvalue weighted by Crippen LogP contribution is -2.04. The Morgan fingerprint density at radius 3 is 2.50 bits per heavy atom. The minimum Gasteiger partial charge on any atom is -0.458 e. The summed E-state index contributed by atoms with van der Waals surface area (Å²) in [6.07, 6.45) is 0.970. The van der Waals surface area contributed by atoms with E-state index in [0.29, 0.717) is 5.56 Å². The Hall–Kier alpha value is -2.22. The van der Waals surface area contributed by atoms with Gasteiger partial charge in [0.1, 0.15) is 12.4 Å². The second kappa shape index (κ2) is 8.58. The van der Waals surface area contributed by atoms with Crippen molar-refractivity contribution < 1.29 is 32.6 Å². The van der Waals surface area contributed by atoms with Gasteiger partial charge in [-0.15, -0.1) is 0 Å². The summed E-state index contributed by atoms with van der Waals surface area (Å²) in [6.45, 7) is 2.97. The normalized spacial score (nSPS) is 11.9. The highest BCUT2D eigenvalue weighted by Gasteiger charge is 2.24. The van der Waals surface area contributed by atoms with Crippen LogP contribution in [0.15, 0.2) is 30.0 Å². The monoisotopic (exact) mass is 359 g/mol. The molecule has 10 heteroatoms. The van der Waals surface area contributed by atoms with Crippen molar-refractivity contribution >= 4 is 19.5 Å². The number of rotatable bonds is 8. The molecule has 0 radical (unpaired) electrons. The minimum absolute atomic E-state index is 0.0252. The summed E-state index contributed by atoms with van der Waals surface area (Å²) in [5, 5.41) is 10.8. The van der Waals surface area contributed by atoms with Gasteiger partial charge in [-0.1, -0.05) is 6.07 Å². The number of ether oxygens (including phenoxy) is 1. The fraction of sp³-hybridized carbons (Fsp3) is 0.357. The van der Waals surface area contributed by atoms with Crippen LogP contribution in [0.4, 0.5) is 5.69 Å². The molecule has 0 aliphatic heterocycles. The third-order valence-electron chi connectivity index (χ3n) is 2.94. The van der Waals surface area contributed by atoms with Gasteiger partial charge in [-0.2, -0.15) is 0 Å². The number of non-ortho nitro benzene ring substituents is 1. The van der Waals surface area contributed by atoms with E-state index in [2.05, 4.69) is 9.05 Å². The molecule has 1 aromatic rings. The number of phosphoric ester groups is 1. The number of benzene rings is 1. The first kappa shape index (κ1) is 19.8. The maximum absolute atomic E-state index is 11.7. The average Bonchev–Trinajstić information content (AvgIpc) is 2.53. The van der Waals surface area contributed by atoms with Crippen molar-refractivity contribution in [2.75, 3.05) is 14.2 Å². The minimum atomic E-state index is -3.75. The second-order valence-electron chi connectivity index (χ2n) is 4.63. The van der Waals surface area contributed by atoms with Gasteiger partial charge >= 0.3 is 13.8 Å². The van der Waals surface area contributed by atoms with Gasteiger partial charge < -0.3 is 9.26 Å². The van der Waals surface area contributed by atoms with Crippen molar-refractivity contribution in [2.45, 2.75) is 20.5 Å². The predicted octanol–water partition coefficient (Wildman–Crippen LogP) is 3.27. The first-order chi connectivity index (χ1) is 11.2. The number of hydrogen-bond acceptors (Lipinski definition) is 8. The van der Waals surface area contributed by atoms with Gasteiger partial charge in [0.25, 0.3) is 5.69 Å². The number of nitrogens with zero attached hydrogens (tertiary/aromatic N) is 1. The van der Waals surface area contributed by atoms with Crippen molar-refractivity contribution in [3.63, 3.8) is 0 Å². The number of nitro benzene ring substituents is 1. The van der Waals surface area contributed by atoms with Crippen molar-refractivity contribution in [3.8, 4) is 0 Å². The number of carbonyl (C=O) groups is 1. The molecule has 0 aliphatic carbocycles. The molecule has 0 aliphatic rings. The SMILES string of the molecule is COP(=O)(OC)O/C(C)=C/C(=O)OCc1cc([N+](=O)[O-])ccc1C. The quantitative estimate of drug-likeness (QED) is 0.173. The highest BCUT2D eigenvalue weighted by Crippen LogP contribution is 2.49. The first-order valence-corrected chi connectivity index (χ1v) is 8.17. The fourth-order valence-electron chi connectivity index (χ4n) is 1.64. The highest BCUT2D eigenvalue weighted by molar-refractivity contribution is 7.48. The number of carbonyl (C=O) groups excluding carboxylic acids is 1. The molecule has 132 valence electrons. The average molecular weight is 359 g/mol. The summed E-state index contributed by atoms with van der Waals surface area (Å²) < 4.78 is 30.8. The molecule has 1 aromatic carbocycles. The Morgan fingerprint density at radius 1 is 1.33 bits per heavy atom. The van der Waals surface area contributed by atoms with E-state index in [1.165, 1.54) is 19.1 Å². The Labute approximate surface area is 138 Å². The maximum atomic E-state index is 11.7. The number of hydrogen-bond donors (Lipinski definition) is 0. The highest BCUT2D eigenvalue weighted by atomic mass is 31.2. The topological polar surface area (TPSA) is 114 Å². The second-order valence-corrected chi connectivity index (χ2v) is 6.44. The van der Waals surface area contributed by atoms with Crippen LogP contribution in [-0.4, -0.2) is 25.1 Å². The molecule has 0 saturated heterocycles. The summed E-state index contributed by atoms with van der Waals surface area (Å²) in [4.78, 5) is 22.0. The molecular weight excluding hydrogens is 341 g/mol. The molecule has 0 bridgehead atoms. The number of allylic oxidation sites excluding steroid dienone is 1. The van der Waals surface area contributed by atoms with Gasteiger partial charge in [-0.3, -0.25) is 19.2 Å². The van der Waals surface area contributed by atoms with E-state index >= 15 is 0 Å². The van der Waals surface area contributed by atoms with Crippen LogP contribution >= 0.6 is 7.82 Å². The van der Waals surface area contributed by atoms with Gasteiger partial charge in [0.2, 0.25) is 0 Å². The van der Waals surface area contributed by atoms with E-state index in [1.807, 2.05) is 0 Å². The molecule has 0 aromatic heterocycles. The third-order valence-corrected chi connectivity index (χ3v) is 4.34. The van der Waals surface area contributed by atoms with E-state index in [4.69, 9.17) is 9.26 Å². The van der Waals surface area contributed by atoms with Crippen LogP contribution < -0.4 is 0 Å². The lowest BCUT2D eigenvalue weighted by molar-refractivity contribution is -0.385. The number of esters is 1. The summed E-state index contributed by atoms with van der Waals surface area (Å²) in [5.41, 5.74) is 1.15. The molecular formula is C14H18NO8P. The molecule has 0 heterocycles. The smallest absolute Gasteiger partial charge is 0.458 e. The molecule has 0 unspecified atom stereocenters. The van der Waals surface area contributed by atoms with Crippen molar-refractivity contribution in [1.29, 1.82) is 0 Å². The van der Waals surface area contributed by atoms with E-state index in [9.17, 15) is 19.5 Å². The van der Waals surface area contributed by atoms with E-state index in [-0.39, 0.29) is 18.1 Å². The van der Waals surface area contributed by atoms with Crippen molar-refractivity contribution in [1.82, 2.24) is 0 Å². The maximum Gasteiger partial charge on any atom is 0.529 e. The Bertz CT molecular complexity index is 692. The largest absolute Gasteiger partial charge is 0.529 e. The van der Waals surface area contributed by atoms with Crippen LogP contribution in [0.1, 0.15) is 18.1 Å². The van der Waals surface area contributed by atoms with Crippen LogP contribution in [0.3, 0.4) is 0 Å². The van der Waals surface area contributed by atoms with Gasteiger partial charge in [0.05, 0.1) is 11.0 Å². The van der Waals surface area contributed by atoms with Crippen LogP contribution in [0, 0.1) is 17.0 Å². The first-order valence-electron chi connectivity index (χ1n) is 6.71. The molecule has 24 heavy (non-hydrogen) atoms. The van der Waals surface area contributed by atoms with Crippen LogP contribution in [-0.2, 0) is 34.3 Å². The lowest BCUT2D eigenvalue weighted by Gasteiger charge is -2.14. The fourth-order valence-corrected chi connectivity index (χ4v) is 2.34. The Balaban J connectivity index is 2.73. The van der Waals surface area contributed by atoms with Crippen molar-refractivity contribution in [3.05, 3.63) is 51.3 Å². The lowest BCUT2D eigenvalue weighted by atomic mass is 10.1. The molecule has 0 saturated carbocycles. The standard InChI is InChI=1S/C14H18NO8P/c1-10-5-6-13(15(17)18)8-12(10)9-22-14(16)7-11(2)23-24(19,20-3)21-4/h5-8H,9H2,1-4H3/b11-7+. The van der Waals surface area contributed by atoms with Gasteiger partial charge in [0.15, 0.2) is 0 Å². The summed E-state index contributed by atoms with van der Waals surface area (Å²) in [6, 6.07) is 4.27. The zero-order valence-corrected chi connectivity index (χ0v) is 14.6. The molecule has 9 nitrogen and oxygen atoms in total. The predicted molar refractivity (Wildman–Crippen MR) is 84.1 cm³/mol. The van der Waals surface area contributed by atoms with E-state index < -0.39 is 18.7 Å². The van der Waals surface area contributed by atoms with Crippen LogP contribution in [0.5, 0.6) is 0 Å². The van der Waals surface area contributed by atoms with Crippen LogP contribution in [0.2, 0.25) is 0 Å². The molecule has 0 fully saturated rings. The van der Waals surface area contributed by atoms with E-state index in [1.54, 1.807) is 13.0 Å². The van der Waals surface area contributed by atoms with E-state index in [0.717, 1.165) is 25.9 Å². The molecule has 0 N–H and O–H groups in total. The van der Waals surface area contributed by atoms with Crippen molar-refractivity contribution in [2.24, 2.45) is 0 Å². The molecule has 0 spiro atoms. The van der Waals surface area contributed by atoms with Crippen LogP contribution in [0.25, 0.3) is 0 Å². The molecule has 1 rings (SSSR count). The Morgan fingerprint density at radius 2 is 1.96 bits per heavy atom. The van der Waals surface area contributed by atoms with Gasteiger partial charge in [-0.05, 0) is 25.0 Å². The number of aryl methyl sites for hydroxylation is 1.